The molecule has 1 aliphatic rings. The Hall–Kier alpha value is -0.900. The van der Waals surface area contributed by atoms with E-state index in [1.807, 2.05) is 0 Å². The third-order valence-corrected chi connectivity index (χ3v) is 4.88. The van der Waals surface area contributed by atoms with E-state index < -0.39 is 0 Å². The number of benzene rings is 1. The van der Waals surface area contributed by atoms with E-state index in [0.29, 0.717) is 6.42 Å². The van der Waals surface area contributed by atoms with Gasteiger partial charge in [0.25, 0.3) is 0 Å². The molecule has 3 heteroatoms. The molecule has 0 spiro atoms. The molecule has 3 nitrogen and oxygen atoms in total. The molecule has 0 amide bonds. The van der Waals surface area contributed by atoms with Crippen LogP contribution in [0, 0.1) is 13.8 Å². The van der Waals surface area contributed by atoms with E-state index >= 15 is 0 Å². The minimum absolute atomic E-state index is 0.179. The predicted molar refractivity (Wildman–Crippen MR) is 86.7 cm³/mol. The van der Waals surface area contributed by atoms with Crippen molar-refractivity contribution in [3.8, 4) is 0 Å². The fraction of sp³-hybridized carbons (Fsp3) is 0.667. The van der Waals surface area contributed by atoms with Crippen molar-refractivity contribution in [2.45, 2.75) is 52.2 Å². The number of ether oxygens (including phenoxy) is 1. The summed E-state index contributed by atoms with van der Waals surface area (Å²) in [6.45, 7) is 11.9. The zero-order valence-electron chi connectivity index (χ0n) is 13.9. The van der Waals surface area contributed by atoms with Crippen molar-refractivity contribution < 1.29 is 9.84 Å². The quantitative estimate of drug-likeness (QED) is 0.905. The van der Waals surface area contributed by atoms with Crippen LogP contribution in [0.3, 0.4) is 0 Å². The van der Waals surface area contributed by atoms with Crippen LogP contribution in [-0.2, 0) is 11.2 Å². The molecule has 2 rings (SSSR count). The zero-order valence-corrected chi connectivity index (χ0v) is 13.9. The third-order valence-electron chi connectivity index (χ3n) is 4.88. The Morgan fingerprint density at radius 1 is 1.19 bits per heavy atom. The first-order valence-corrected chi connectivity index (χ1v) is 8.03. The van der Waals surface area contributed by atoms with E-state index in [-0.39, 0.29) is 11.6 Å². The molecule has 1 N–H and O–H groups in total. The van der Waals surface area contributed by atoms with Crippen LogP contribution in [0.2, 0.25) is 0 Å². The summed E-state index contributed by atoms with van der Waals surface area (Å²) in [5.41, 5.74) is 3.58. The van der Waals surface area contributed by atoms with Crippen molar-refractivity contribution in [2.75, 3.05) is 26.3 Å². The summed E-state index contributed by atoms with van der Waals surface area (Å²) in [5.74, 6) is 0. The first-order valence-electron chi connectivity index (χ1n) is 8.03. The summed E-state index contributed by atoms with van der Waals surface area (Å²) in [6.07, 6.45) is 1.30. The van der Waals surface area contributed by atoms with Crippen molar-refractivity contribution in [1.29, 1.82) is 0 Å². The van der Waals surface area contributed by atoms with E-state index in [0.717, 1.165) is 32.7 Å². The highest BCUT2D eigenvalue weighted by atomic mass is 16.5. The van der Waals surface area contributed by atoms with Crippen molar-refractivity contribution in [1.82, 2.24) is 4.90 Å². The van der Waals surface area contributed by atoms with Gasteiger partial charge in [0.15, 0.2) is 0 Å². The van der Waals surface area contributed by atoms with Gasteiger partial charge in [0.05, 0.1) is 19.3 Å². The highest BCUT2D eigenvalue weighted by Gasteiger charge is 2.37. The van der Waals surface area contributed by atoms with Crippen LogP contribution in [0.15, 0.2) is 18.2 Å². The lowest BCUT2D eigenvalue weighted by atomic mass is 9.85. The summed E-state index contributed by atoms with van der Waals surface area (Å²) >= 11 is 0. The third kappa shape index (κ3) is 3.85. The van der Waals surface area contributed by atoms with Crippen molar-refractivity contribution in [3.63, 3.8) is 0 Å². The number of aliphatic hydroxyl groups excluding tert-OH is 1. The van der Waals surface area contributed by atoms with Gasteiger partial charge >= 0.3 is 0 Å². The minimum Gasteiger partial charge on any atom is -0.391 e. The summed E-state index contributed by atoms with van der Waals surface area (Å²) < 4.78 is 5.45. The van der Waals surface area contributed by atoms with Crippen LogP contribution in [0.5, 0.6) is 0 Å². The van der Waals surface area contributed by atoms with Crippen LogP contribution in [-0.4, -0.2) is 48.0 Å². The molecule has 1 fully saturated rings. The second-order valence-electron chi connectivity index (χ2n) is 6.53. The summed E-state index contributed by atoms with van der Waals surface area (Å²) in [5, 5.41) is 10.9. The van der Waals surface area contributed by atoms with Crippen molar-refractivity contribution in [3.05, 3.63) is 34.9 Å². The minimum atomic E-state index is -0.359. The molecule has 0 saturated carbocycles. The molecule has 21 heavy (non-hydrogen) atoms. The Labute approximate surface area is 128 Å². The van der Waals surface area contributed by atoms with E-state index in [1.54, 1.807) is 0 Å². The number of aryl methyl sites for hydroxylation is 2. The Bertz CT molecular complexity index is 448. The molecule has 0 aromatic heterocycles. The van der Waals surface area contributed by atoms with Gasteiger partial charge in [0.2, 0.25) is 0 Å². The second kappa shape index (κ2) is 6.91. The number of hydrogen-bond donors (Lipinski definition) is 1. The van der Waals surface area contributed by atoms with Gasteiger partial charge in [-0.2, -0.15) is 0 Å². The lowest BCUT2D eigenvalue weighted by Gasteiger charge is -2.46. The first-order chi connectivity index (χ1) is 9.95. The highest BCUT2D eigenvalue weighted by molar-refractivity contribution is 5.29. The average molecular weight is 291 g/mol. The molecule has 0 radical (unpaired) electrons. The van der Waals surface area contributed by atoms with Gasteiger partial charge in [0, 0.05) is 25.0 Å². The van der Waals surface area contributed by atoms with Gasteiger partial charge in [-0.1, -0.05) is 36.2 Å². The van der Waals surface area contributed by atoms with Gasteiger partial charge in [0.1, 0.15) is 0 Å². The normalized spacial score (nSPS) is 21.0. The molecule has 2 atom stereocenters. The molecule has 1 aromatic rings. The first kappa shape index (κ1) is 16.5. The van der Waals surface area contributed by atoms with Crippen LogP contribution in [0.4, 0.5) is 0 Å². The van der Waals surface area contributed by atoms with Gasteiger partial charge in [-0.05, 0) is 32.8 Å². The Morgan fingerprint density at radius 2 is 1.76 bits per heavy atom. The fourth-order valence-electron chi connectivity index (χ4n) is 3.37. The molecule has 0 bridgehead atoms. The van der Waals surface area contributed by atoms with Gasteiger partial charge in [-0.15, -0.1) is 0 Å². The maximum atomic E-state index is 10.9. The molecule has 0 aliphatic carbocycles. The van der Waals surface area contributed by atoms with Gasteiger partial charge in [-0.25, -0.2) is 0 Å². The molecule has 1 heterocycles. The lowest BCUT2D eigenvalue weighted by molar-refractivity contribution is -0.0714. The van der Waals surface area contributed by atoms with E-state index in [1.165, 1.54) is 16.7 Å². The monoisotopic (exact) mass is 291 g/mol. The topological polar surface area (TPSA) is 32.7 Å². The Kier molecular flexibility index (Phi) is 5.42. The van der Waals surface area contributed by atoms with E-state index in [2.05, 4.69) is 50.8 Å². The van der Waals surface area contributed by atoms with Crippen molar-refractivity contribution in [2.24, 2.45) is 0 Å². The SMILES string of the molecule is CCC(C)(C(O)Cc1cc(C)cc(C)c1)N1CCOCC1. The Morgan fingerprint density at radius 3 is 2.29 bits per heavy atom. The van der Waals surface area contributed by atoms with Crippen LogP contribution in [0.25, 0.3) is 0 Å². The highest BCUT2D eigenvalue weighted by Crippen LogP contribution is 2.27. The zero-order chi connectivity index (χ0) is 15.5. The van der Waals surface area contributed by atoms with Gasteiger partial charge < -0.3 is 9.84 Å². The molecular formula is C18H29NO2. The molecule has 1 saturated heterocycles. The smallest absolute Gasteiger partial charge is 0.0761 e. The standard InChI is InChI=1S/C18H29NO2/c1-5-18(4,19-6-8-21-9-7-19)17(20)13-16-11-14(2)10-15(3)12-16/h10-12,17,20H,5-9,13H2,1-4H3. The van der Waals surface area contributed by atoms with Gasteiger partial charge in [-0.3, -0.25) is 4.90 Å². The number of aliphatic hydroxyl groups is 1. The predicted octanol–water partition coefficient (Wildman–Crippen LogP) is 2.71. The van der Waals surface area contributed by atoms with Crippen LogP contribution < -0.4 is 0 Å². The number of morpholine rings is 1. The molecule has 2 unspecified atom stereocenters. The summed E-state index contributed by atoms with van der Waals surface area (Å²) in [6, 6.07) is 6.55. The molecular weight excluding hydrogens is 262 g/mol. The largest absolute Gasteiger partial charge is 0.391 e. The number of hydrogen-bond acceptors (Lipinski definition) is 3. The van der Waals surface area contributed by atoms with E-state index in [4.69, 9.17) is 4.74 Å². The fourth-order valence-corrected chi connectivity index (χ4v) is 3.37. The maximum absolute atomic E-state index is 10.9. The summed E-state index contributed by atoms with van der Waals surface area (Å²) in [4.78, 5) is 2.39. The average Bonchev–Trinajstić information content (AvgIpc) is 2.46. The Balaban J connectivity index is 2.13. The van der Waals surface area contributed by atoms with Crippen LogP contribution in [0.1, 0.15) is 37.0 Å². The second-order valence-corrected chi connectivity index (χ2v) is 6.53. The molecule has 118 valence electrons. The summed E-state index contributed by atoms with van der Waals surface area (Å²) in [7, 11) is 0. The number of nitrogens with zero attached hydrogens (tertiary/aromatic N) is 1. The lowest BCUT2D eigenvalue weighted by Crippen LogP contribution is -2.58. The number of rotatable bonds is 5. The van der Waals surface area contributed by atoms with Crippen molar-refractivity contribution >= 4 is 0 Å². The van der Waals surface area contributed by atoms with Crippen LogP contribution >= 0.6 is 0 Å². The molecule has 1 aliphatic heterocycles. The maximum Gasteiger partial charge on any atom is 0.0761 e. The molecule has 1 aromatic carbocycles. The van der Waals surface area contributed by atoms with E-state index in [9.17, 15) is 5.11 Å².